The average molecular weight is 428 g/mol. The summed E-state index contributed by atoms with van der Waals surface area (Å²) in [6, 6.07) is 14.6. The van der Waals surface area contributed by atoms with Crippen LogP contribution in [0.4, 0.5) is 11.4 Å². The van der Waals surface area contributed by atoms with Gasteiger partial charge in [-0.05, 0) is 54.0 Å². The number of aliphatic hydroxyl groups is 1. The summed E-state index contributed by atoms with van der Waals surface area (Å²) >= 11 is 5.94. The molecule has 1 aliphatic carbocycles. The van der Waals surface area contributed by atoms with E-state index in [2.05, 4.69) is 12.2 Å². The van der Waals surface area contributed by atoms with Crippen LogP contribution in [0.15, 0.2) is 72.3 Å². The Balaban J connectivity index is 1.80. The van der Waals surface area contributed by atoms with Crippen LogP contribution in [0, 0.1) is 10.1 Å². The quantitative estimate of drug-likeness (QED) is 0.345. The highest BCUT2D eigenvalue weighted by molar-refractivity contribution is 6.30. The Morgan fingerprint density at radius 1 is 1.27 bits per heavy atom. The minimum atomic E-state index is -0.947. The van der Waals surface area contributed by atoms with Crippen molar-refractivity contribution in [2.24, 2.45) is 0 Å². The third-order valence-corrected chi connectivity index (χ3v) is 5.45. The fourth-order valence-corrected chi connectivity index (χ4v) is 3.70. The highest BCUT2D eigenvalue weighted by Crippen LogP contribution is 2.28. The topological polar surface area (TPSA) is 78.6 Å². The number of benzene rings is 2. The lowest BCUT2D eigenvalue weighted by Gasteiger charge is -2.34. The molecule has 2 aromatic carbocycles. The summed E-state index contributed by atoms with van der Waals surface area (Å²) in [6.45, 7) is 3.17. The van der Waals surface area contributed by atoms with Crippen molar-refractivity contribution in [1.82, 2.24) is 0 Å². The Morgan fingerprint density at radius 2 is 2.00 bits per heavy atom. The molecule has 6 nitrogen and oxygen atoms in total. The zero-order chi connectivity index (χ0) is 21.5. The van der Waals surface area contributed by atoms with Crippen molar-refractivity contribution in [1.29, 1.82) is 0 Å². The molecule has 0 heterocycles. The van der Waals surface area contributed by atoms with E-state index < -0.39 is 12.3 Å². The summed E-state index contributed by atoms with van der Waals surface area (Å²) in [6.07, 6.45) is 5.06. The summed E-state index contributed by atoms with van der Waals surface area (Å²) in [5, 5.41) is 26.4. The van der Waals surface area contributed by atoms with Gasteiger partial charge in [0.05, 0.1) is 0 Å². The normalized spacial score (nSPS) is 16.6. The minimum Gasteiger partial charge on any atom is -0.383 e. The molecule has 2 atom stereocenters. The van der Waals surface area contributed by atoms with E-state index in [1.165, 1.54) is 0 Å². The van der Waals surface area contributed by atoms with Gasteiger partial charge in [0.2, 0.25) is 6.04 Å². The first-order chi connectivity index (χ1) is 14.5. The van der Waals surface area contributed by atoms with Gasteiger partial charge < -0.3 is 15.3 Å². The van der Waals surface area contributed by atoms with Gasteiger partial charge in [-0.2, -0.15) is 0 Å². The van der Waals surface area contributed by atoms with E-state index in [9.17, 15) is 15.2 Å². The van der Waals surface area contributed by atoms with Gasteiger partial charge in [-0.3, -0.25) is 10.1 Å². The lowest BCUT2D eigenvalue weighted by molar-refractivity contribution is -0.509. The molecule has 0 bridgehead atoms. The van der Waals surface area contributed by atoms with Crippen LogP contribution in [0.25, 0.3) is 0 Å². The van der Waals surface area contributed by atoms with Crippen molar-refractivity contribution in [2.75, 3.05) is 23.3 Å². The van der Waals surface area contributed by atoms with Gasteiger partial charge in [-0.25, -0.2) is 0 Å². The van der Waals surface area contributed by atoms with Crippen LogP contribution >= 0.6 is 11.6 Å². The largest absolute Gasteiger partial charge is 0.383 e. The van der Waals surface area contributed by atoms with E-state index in [4.69, 9.17) is 11.6 Å². The van der Waals surface area contributed by atoms with Crippen molar-refractivity contribution in [3.8, 4) is 0 Å². The van der Waals surface area contributed by atoms with Gasteiger partial charge in [-0.15, -0.1) is 0 Å². The van der Waals surface area contributed by atoms with Crippen LogP contribution in [0.1, 0.15) is 18.9 Å². The number of aryl methyl sites for hydroxylation is 1. The maximum atomic E-state index is 11.2. The molecule has 0 aliphatic heterocycles. The fraction of sp³-hybridized carbons (Fsp3) is 0.304. The molecule has 30 heavy (non-hydrogen) atoms. The monoisotopic (exact) mass is 427 g/mol. The molecule has 0 spiro atoms. The van der Waals surface area contributed by atoms with Crippen LogP contribution < -0.4 is 10.2 Å². The molecule has 0 aromatic heterocycles. The smallest absolute Gasteiger partial charge is 0.235 e. The zero-order valence-electron chi connectivity index (χ0n) is 16.9. The van der Waals surface area contributed by atoms with Crippen molar-refractivity contribution in [3.05, 3.63) is 93.0 Å². The maximum Gasteiger partial charge on any atom is 0.235 e. The molecule has 2 unspecified atom stereocenters. The number of para-hydroxylation sites is 1. The molecular formula is C23H26ClN3O3. The zero-order valence-corrected chi connectivity index (χ0v) is 17.6. The summed E-state index contributed by atoms with van der Waals surface area (Å²) in [4.78, 5) is 12.8. The molecule has 3 rings (SSSR count). The van der Waals surface area contributed by atoms with E-state index in [1.807, 2.05) is 53.4 Å². The molecule has 0 saturated carbocycles. The van der Waals surface area contributed by atoms with Crippen LogP contribution in [0.2, 0.25) is 5.02 Å². The molecule has 0 saturated heterocycles. The number of nitrogens with zero attached hydrogens (tertiary/aromatic N) is 2. The van der Waals surface area contributed by atoms with Crippen LogP contribution in [-0.2, 0) is 6.42 Å². The molecule has 0 radical (unpaired) electrons. The highest BCUT2D eigenvalue weighted by Gasteiger charge is 2.28. The van der Waals surface area contributed by atoms with Gasteiger partial charge in [0.25, 0.3) is 0 Å². The molecule has 2 aromatic rings. The molecular weight excluding hydrogens is 402 g/mol. The first-order valence-electron chi connectivity index (χ1n) is 10.0. The predicted octanol–water partition coefficient (Wildman–Crippen LogP) is 4.67. The number of rotatable bonds is 9. The summed E-state index contributed by atoms with van der Waals surface area (Å²) in [5.41, 5.74) is 3.61. The second-order valence-corrected chi connectivity index (χ2v) is 7.60. The van der Waals surface area contributed by atoms with E-state index in [0.29, 0.717) is 23.7 Å². The number of anilines is 2. The molecule has 158 valence electrons. The van der Waals surface area contributed by atoms with Gasteiger partial charge in [0.15, 0.2) is 0 Å². The molecule has 0 amide bonds. The maximum absolute atomic E-state index is 11.2. The van der Waals surface area contributed by atoms with Crippen molar-refractivity contribution < 1.29 is 10.0 Å². The van der Waals surface area contributed by atoms with Crippen LogP contribution in [0.5, 0.6) is 0 Å². The Hall–Kier alpha value is -2.83. The predicted molar refractivity (Wildman–Crippen MR) is 122 cm³/mol. The number of nitro groups is 1. The van der Waals surface area contributed by atoms with Gasteiger partial charge in [0.1, 0.15) is 6.23 Å². The Bertz CT molecular complexity index is 928. The lowest BCUT2D eigenvalue weighted by Crippen LogP contribution is -2.41. The van der Waals surface area contributed by atoms with Gasteiger partial charge in [0, 0.05) is 40.8 Å². The fourth-order valence-electron chi connectivity index (χ4n) is 3.57. The summed E-state index contributed by atoms with van der Waals surface area (Å²) < 4.78 is 0. The van der Waals surface area contributed by atoms with E-state index in [-0.39, 0.29) is 11.3 Å². The van der Waals surface area contributed by atoms with Crippen molar-refractivity contribution in [2.45, 2.75) is 32.0 Å². The van der Waals surface area contributed by atoms with Gasteiger partial charge >= 0.3 is 0 Å². The second-order valence-electron chi connectivity index (χ2n) is 7.17. The molecule has 0 fully saturated rings. The number of hydrogen-bond acceptors (Lipinski definition) is 5. The molecule has 7 heteroatoms. The SMILES string of the molecule is CCc1ccccc1N(CCNc1ccc(Cl)cc1)C(O)C1=CC=CC([N+](=O)[O-])C1. The Morgan fingerprint density at radius 3 is 2.70 bits per heavy atom. The summed E-state index contributed by atoms with van der Waals surface area (Å²) in [7, 11) is 0. The third kappa shape index (κ3) is 5.40. The average Bonchev–Trinajstić information content (AvgIpc) is 2.77. The molecule has 1 aliphatic rings. The van der Waals surface area contributed by atoms with Gasteiger partial charge in [-0.1, -0.05) is 48.9 Å². The Labute approximate surface area is 181 Å². The molecule has 2 N–H and O–H groups in total. The number of nitrogens with one attached hydrogen (secondary N) is 1. The highest BCUT2D eigenvalue weighted by atomic mass is 35.5. The second kappa shape index (κ2) is 10.3. The van der Waals surface area contributed by atoms with E-state index in [1.54, 1.807) is 18.2 Å². The van der Waals surface area contributed by atoms with E-state index >= 15 is 0 Å². The van der Waals surface area contributed by atoms with Crippen molar-refractivity contribution in [3.63, 3.8) is 0 Å². The number of hydrogen-bond donors (Lipinski definition) is 2. The van der Waals surface area contributed by atoms with Crippen molar-refractivity contribution >= 4 is 23.0 Å². The first-order valence-corrected chi connectivity index (χ1v) is 10.4. The van der Waals surface area contributed by atoms with E-state index in [0.717, 1.165) is 23.4 Å². The minimum absolute atomic E-state index is 0.195. The standard InChI is InChI=1S/C23H26ClN3O3/c1-2-17-6-3-4-9-22(17)26(15-14-25-20-12-10-19(24)11-13-20)23(28)18-7-5-8-21(16-18)27(29)30/h3-13,21,23,25,28H,2,14-16H2,1H3. The third-order valence-electron chi connectivity index (χ3n) is 5.19. The summed E-state index contributed by atoms with van der Waals surface area (Å²) in [5.74, 6) is 0. The van der Waals surface area contributed by atoms with Crippen LogP contribution in [0.3, 0.4) is 0 Å². The lowest BCUT2D eigenvalue weighted by atomic mass is 9.98. The Kier molecular flexibility index (Phi) is 7.49. The number of aliphatic hydroxyl groups excluding tert-OH is 1. The first kappa shape index (κ1) is 21.9. The number of allylic oxidation sites excluding steroid dienone is 2. The van der Waals surface area contributed by atoms with Crippen LogP contribution in [-0.4, -0.2) is 35.4 Å². The number of halogens is 1.